The third kappa shape index (κ3) is 4.37. The standard InChI is InChI=1S/C16H22O4/c1-4-5-6-7-14(16(18)20-3)15(17)12-8-10-13(19-2)11-9-12/h8-11,14H,4-7H2,1-3H3. The monoisotopic (exact) mass is 278 g/mol. The Labute approximate surface area is 120 Å². The van der Waals surface area contributed by atoms with Crippen molar-refractivity contribution in [3.63, 3.8) is 0 Å². The van der Waals surface area contributed by atoms with Crippen LogP contribution in [0.3, 0.4) is 0 Å². The van der Waals surface area contributed by atoms with E-state index in [9.17, 15) is 9.59 Å². The summed E-state index contributed by atoms with van der Waals surface area (Å²) < 4.78 is 9.80. The zero-order valence-corrected chi connectivity index (χ0v) is 12.3. The molecule has 1 rings (SSSR count). The van der Waals surface area contributed by atoms with Gasteiger partial charge in [-0.05, 0) is 30.7 Å². The van der Waals surface area contributed by atoms with Crippen molar-refractivity contribution in [1.82, 2.24) is 0 Å². The highest BCUT2D eigenvalue weighted by molar-refractivity contribution is 6.08. The van der Waals surface area contributed by atoms with Crippen LogP contribution in [0.15, 0.2) is 24.3 Å². The summed E-state index contributed by atoms with van der Waals surface area (Å²) in [6.45, 7) is 2.08. The second-order valence-corrected chi connectivity index (χ2v) is 4.66. The number of unbranched alkanes of at least 4 members (excludes halogenated alkanes) is 2. The van der Waals surface area contributed by atoms with Gasteiger partial charge in [-0.3, -0.25) is 9.59 Å². The van der Waals surface area contributed by atoms with Crippen LogP contribution in [0.25, 0.3) is 0 Å². The molecule has 4 nitrogen and oxygen atoms in total. The Morgan fingerprint density at radius 2 is 1.75 bits per heavy atom. The molecule has 0 N–H and O–H groups in total. The van der Waals surface area contributed by atoms with E-state index in [1.165, 1.54) is 7.11 Å². The van der Waals surface area contributed by atoms with Crippen LogP contribution in [0.1, 0.15) is 43.0 Å². The highest BCUT2D eigenvalue weighted by Crippen LogP contribution is 2.20. The van der Waals surface area contributed by atoms with Crippen LogP contribution in [-0.4, -0.2) is 26.0 Å². The molecule has 0 aliphatic carbocycles. The van der Waals surface area contributed by atoms with E-state index in [1.807, 2.05) is 0 Å². The average Bonchev–Trinajstić information content (AvgIpc) is 2.50. The molecule has 0 bridgehead atoms. The molecule has 0 heterocycles. The van der Waals surface area contributed by atoms with Gasteiger partial charge in [0.2, 0.25) is 0 Å². The molecule has 1 aromatic carbocycles. The summed E-state index contributed by atoms with van der Waals surface area (Å²) in [7, 11) is 2.88. The van der Waals surface area contributed by atoms with Crippen molar-refractivity contribution in [2.75, 3.05) is 14.2 Å². The minimum atomic E-state index is -0.708. The molecule has 1 atom stereocenters. The second kappa shape index (κ2) is 8.35. The normalized spacial score (nSPS) is 11.8. The topological polar surface area (TPSA) is 52.6 Å². The average molecular weight is 278 g/mol. The molecular weight excluding hydrogens is 256 g/mol. The molecule has 0 radical (unpaired) electrons. The smallest absolute Gasteiger partial charge is 0.316 e. The molecule has 0 aliphatic rings. The number of ketones is 1. The van der Waals surface area contributed by atoms with Crippen LogP contribution in [0.2, 0.25) is 0 Å². The molecule has 0 fully saturated rings. The van der Waals surface area contributed by atoms with Gasteiger partial charge in [0.25, 0.3) is 0 Å². The molecule has 20 heavy (non-hydrogen) atoms. The SMILES string of the molecule is CCCCCC(C(=O)OC)C(=O)c1ccc(OC)cc1. The molecule has 1 unspecified atom stereocenters. The lowest BCUT2D eigenvalue weighted by atomic mass is 9.92. The maximum Gasteiger partial charge on any atom is 0.316 e. The van der Waals surface area contributed by atoms with Gasteiger partial charge < -0.3 is 9.47 Å². The summed E-state index contributed by atoms with van der Waals surface area (Å²) in [4.78, 5) is 24.2. The van der Waals surface area contributed by atoms with Crippen molar-refractivity contribution in [2.24, 2.45) is 5.92 Å². The third-order valence-corrected chi connectivity index (χ3v) is 3.27. The van der Waals surface area contributed by atoms with Crippen LogP contribution in [0, 0.1) is 5.92 Å². The van der Waals surface area contributed by atoms with Gasteiger partial charge in [-0.1, -0.05) is 26.2 Å². The van der Waals surface area contributed by atoms with E-state index in [2.05, 4.69) is 6.92 Å². The van der Waals surface area contributed by atoms with Crippen LogP contribution >= 0.6 is 0 Å². The lowest BCUT2D eigenvalue weighted by Crippen LogP contribution is -2.25. The Morgan fingerprint density at radius 3 is 2.25 bits per heavy atom. The Balaban J connectivity index is 2.82. The van der Waals surface area contributed by atoms with Crippen molar-refractivity contribution >= 4 is 11.8 Å². The number of carbonyl (C=O) groups excluding carboxylic acids is 2. The fourth-order valence-electron chi connectivity index (χ4n) is 2.05. The van der Waals surface area contributed by atoms with E-state index < -0.39 is 11.9 Å². The zero-order valence-electron chi connectivity index (χ0n) is 12.3. The summed E-state index contributed by atoms with van der Waals surface area (Å²) in [6, 6.07) is 6.79. The quantitative estimate of drug-likeness (QED) is 0.317. The molecular formula is C16H22O4. The predicted octanol–water partition coefficient (Wildman–Crippen LogP) is 3.25. The zero-order chi connectivity index (χ0) is 15.0. The van der Waals surface area contributed by atoms with Crippen LogP contribution in [0.4, 0.5) is 0 Å². The Morgan fingerprint density at radius 1 is 1.10 bits per heavy atom. The number of benzene rings is 1. The van der Waals surface area contributed by atoms with Gasteiger partial charge in [-0.2, -0.15) is 0 Å². The Hall–Kier alpha value is -1.84. The van der Waals surface area contributed by atoms with E-state index in [1.54, 1.807) is 31.4 Å². The summed E-state index contributed by atoms with van der Waals surface area (Å²) in [6.07, 6.45) is 3.43. The van der Waals surface area contributed by atoms with Gasteiger partial charge in [0, 0.05) is 5.56 Å². The number of Topliss-reactive ketones (excluding diaryl/α,β-unsaturated/α-hetero) is 1. The lowest BCUT2D eigenvalue weighted by Gasteiger charge is -2.13. The summed E-state index contributed by atoms with van der Waals surface area (Å²) in [5.41, 5.74) is 0.512. The first-order valence-corrected chi connectivity index (χ1v) is 6.90. The van der Waals surface area contributed by atoms with Crippen LogP contribution < -0.4 is 4.74 Å². The molecule has 0 aromatic heterocycles. The number of carbonyl (C=O) groups is 2. The molecule has 0 spiro atoms. The van der Waals surface area contributed by atoms with Crippen molar-refractivity contribution in [3.8, 4) is 5.75 Å². The molecule has 0 saturated carbocycles. The predicted molar refractivity (Wildman–Crippen MR) is 77.0 cm³/mol. The first-order valence-electron chi connectivity index (χ1n) is 6.90. The molecule has 1 aromatic rings. The molecule has 0 aliphatic heterocycles. The van der Waals surface area contributed by atoms with E-state index >= 15 is 0 Å². The number of hydrogen-bond acceptors (Lipinski definition) is 4. The van der Waals surface area contributed by atoms with E-state index in [0.717, 1.165) is 19.3 Å². The fraction of sp³-hybridized carbons (Fsp3) is 0.500. The first-order chi connectivity index (χ1) is 9.63. The first kappa shape index (κ1) is 16.2. The summed E-state index contributed by atoms with van der Waals surface area (Å²) in [5.74, 6) is -0.667. The molecule has 110 valence electrons. The van der Waals surface area contributed by atoms with Gasteiger partial charge in [0.1, 0.15) is 11.7 Å². The van der Waals surface area contributed by atoms with Crippen molar-refractivity contribution in [2.45, 2.75) is 32.6 Å². The Kier molecular flexibility index (Phi) is 6.77. The number of methoxy groups -OCH3 is 2. The van der Waals surface area contributed by atoms with E-state index in [0.29, 0.717) is 17.7 Å². The highest BCUT2D eigenvalue weighted by atomic mass is 16.5. The van der Waals surface area contributed by atoms with Gasteiger partial charge in [-0.15, -0.1) is 0 Å². The van der Waals surface area contributed by atoms with Crippen molar-refractivity contribution < 1.29 is 19.1 Å². The number of rotatable bonds is 8. The van der Waals surface area contributed by atoms with Gasteiger partial charge >= 0.3 is 5.97 Å². The fourth-order valence-corrected chi connectivity index (χ4v) is 2.05. The Bertz CT molecular complexity index is 436. The van der Waals surface area contributed by atoms with Gasteiger partial charge in [-0.25, -0.2) is 0 Å². The highest BCUT2D eigenvalue weighted by Gasteiger charge is 2.27. The minimum absolute atomic E-state index is 0.185. The molecule has 0 amide bonds. The lowest BCUT2D eigenvalue weighted by molar-refractivity contribution is -0.143. The largest absolute Gasteiger partial charge is 0.497 e. The van der Waals surface area contributed by atoms with Crippen molar-refractivity contribution in [3.05, 3.63) is 29.8 Å². The third-order valence-electron chi connectivity index (χ3n) is 3.27. The van der Waals surface area contributed by atoms with E-state index in [4.69, 9.17) is 9.47 Å². The van der Waals surface area contributed by atoms with Crippen LogP contribution in [0.5, 0.6) is 5.75 Å². The molecule has 4 heteroatoms. The maximum absolute atomic E-state index is 12.4. The van der Waals surface area contributed by atoms with Gasteiger partial charge in [0.05, 0.1) is 14.2 Å². The van der Waals surface area contributed by atoms with Crippen molar-refractivity contribution in [1.29, 1.82) is 0 Å². The summed E-state index contributed by atoms with van der Waals surface area (Å²) in [5, 5.41) is 0. The second-order valence-electron chi connectivity index (χ2n) is 4.66. The van der Waals surface area contributed by atoms with Crippen LogP contribution in [-0.2, 0) is 9.53 Å². The number of hydrogen-bond donors (Lipinski definition) is 0. The maximum atomic E-state index is 12.4. The minimum Gasteiger partial charge on any atom is -0.497 e. The number of ether oxygens (including phenoxy) is 2. The summed E-state index contributed by atoms with van der Waals surface area (Å²) >= 11 is 0. The van der Waals surface area contributed by atoms with Gasteiger partial charge in [0.15, 0.2) is 5.78 Å². The van der Waals surface area contributed by atoms with E-state index in [-0.39, 0.29) is 5.78 Å². The molecule has 0 saturated heterocycles. The number of esters is 1.